The number of carbonyl (C=O) groups excluding carboxylic acids is 4. The van der Waals surface area contributed by atoms with Crippen LogP contribution in [0.25, 0.3) is 0 Å². The van der Waals surface area contributed by atoms with Crippen LogP contribution < -0.4 is 21.3 Å². The molecule has 2 rings (SSSR count). The summed E-state index contributed by atoms with van der Waals surface area (Å²) in [6.07, 6.45) is 4.33. The minimum absolute atomic E-state index is 0.0345. The van der Waals surface area contributed by atoms with Crippen molar-refractivity contribution in [3.05, 3.63) is 28.8 Å². The zero-order chi connectivity index (χ0) is 35.7. The number of nitrogens with one attached hydrogen (secondary N) is 4. The number of aromatic hydroxyl groups is 1. The van der Waals surface area contributed by atoms with Gasteiger partial charge in [-0.15, -0.1) is 0 Å². The summed E-state index contributed by atoms with van der Waals surface area (Å²) in [5.41, 5.74) is 1.29. The summed E-state index contributed by atoms with van der Waals surface area (Å²) < 4.78 is 4.29. The number of benzene rings is 1. The highest BCUT2D eigenvalue weighted by Crippen LogP contribution is 2.28. The third kappa shape index (κ3) is 13.1. The van der Waals surface area contributed by atoms with E-state index >= 15 is 0 Å². The van der Waals surface area contributed by atoms with Gasteiger partial charge in [0.05, 0.1) is 0 Å². The molecule has 1 saturated carbocycles. The van der Waals surface area contributed by atoms with E-state index in [1.165, 1.54) is 0 Å². The van der Waals surface area contributed by atoms with Crippen LogP contribution in [-0.2, 0) is 30.3 Å². The van der Waals surface area contributed by atoms with Crippen LogP contribution in [0.15, 0.2) is 12.1 Å². The van der Waals surface area contributed by atoms with Gasteiger partial charge in [-0.25, -0.2) is 9.59 Å². The Balaban J connectivity index is 2.31. The van der Waals surface area contributed by atoms with E-state index in [2.05, 4.69) is 46.5 Å². The molecule has 4 atom stereocenters. The van der Waals surface area contributed by atoms with Crippen molar-refractivity contribution < 1.29 is 38.9 Å². The number of phenolic OH excluding ortho intramolecular Hbond substituents is 1. The molecule has 0 bridgehead atoms. The molecule has 12 nitrogen and oxygen atoms in total. The first-order valence-corrected chi connectivity index (χ1v) is 17.1. The molecule has 6 N–H and O–H groups in total. The number of carboxylic acid groups (broad SMARTS) is 1. The molecule has 0 spiro atoms. The number of aryl methyl sites for hydroxylation is 2. The Morgan fingerprint density at radius 1 is 0.851 bits per heavy atom. The number of carbonyl (C=O) groups is 5. The minimum atomic E-state index is -1.32. The number of hydrogen-bond acceptors (Lipinski definition) is 9. The largest absolute Gasteiger partial charge is 0.508 e. The lowest BCUT2D eigenvalue weighted by atomic mass is 9.84. The highest BCUT2D eigenvalue weighted by Gasteiger charge is 2.37. The van der Waals surface area contributed by atoms with Crippen LogP contribution in [0.4, 0.5) is 4.79 Å². The van der Waals surface area contributed by atoms with E-state index in [1.54, 1.807) is 60.6 Å². The SMILES string of the molecule is Cc1cc(O)cc(C)c1C[C@H](NC(=O)OC(C)(C)C)C(=O)N[C@H](CS)C(=O)N[C@@H](CC1CCCCC1)C(=O)N[C@@H](C(=O)O)C(C)(C)S. The average Bonchev–Trinajstić information content (AvgIpc) is 2.93. The number of alkyl carbamates (subject to hydrolysis) is 1. The smallest absolute Gasteiger partial charge is 0.408 e. The maximum absolute atomic E-state index is 13.7. The second kappa shape index (κ2) is 17.3. The van der Waals surface area contributed by atoms with Gasteiger partial charge in [0.2, 0.25) is 17.7 Å². The molecule has 1 fully saturated rings. The van der Waals surface area contributed by atoms with E-state index in [1.807, 2.05) is 0 Å². The van der Waals surface area contributed by atoms with Gasteiger partial charge in [-0.3, -0.25) is 14.4 Å². The molecular weight excluding hydrogens is 645 g/mol. The van der Waals surface area contributed by atoms with E-state index in [0.717, 1.165) is 37.7 Å². The van der Waals surface area contributed by atoms with Crippen LogP contribution >= 0.6 is 25.3 Å². The van der Waals surface area contributed by atoms with Gasteiger partial charge in [-0.05, 0) is 89.6 Å². The normalized spacial score (nSPS) is 16.6. The Labute approximate surface area is 288 Å². The molecule has 0 saturated heterocycles. The number of amides is 4. The summed E-state index contributed by atoms with van der Waals surface area (Å²) in [5, 5.41) is 30.2. The first-order chi connectivity index (χ1) is 21.7. The lowest BCUT2D eigenvalue weighted by molar-refractivity contribution is -0.143. The molecule has 47 heavy (non-hydrogen) atoms. The molecule has 264 valence electrons. The topological polar surface area (TPSA) is 183 Å². The number of carboxylic acids is 1. The van der Waals surface area contributed by atoms with Crippen molar-refractivity contribution in [3.8, 4) is 5.75 Å². The third-order valence-corrected chi connectivity index (χ3v) is 8.70. The maximum atomic E-state index is 13.7. The second-order valence-corrected chi connectivity index (χ2v) is 15.5. The van der Waals surface area contributed by atoms with E-state index in [-0.39, 0.29) is 23.8 Å². The summed E-state index contributed by atoms with van der Waals surface area (Å²) in [4.78, 5) is 65.4. The van der Waals surface area contributed by atoms with Crippen LogP contribution in [0.1, 0.15) is 89.8 Å². The van der Waals surface area contributed by atoms with Crippen LogP contribution in [0.5, 0.6) is 5.75 Å². The minimum Gasteiger partial charge on any atom is -0.508 e. The number of hydrogen-bond donors (Lipinski definition) is 8. The molecule has 0 aromatic heterocycles. The van der Waals surface area contributed by atoms with Crippen molar-refractivity contribution >= 4 is 55.0 Å². The fraction of sp³-hybridized carbons (Fsp3) is 0.667. The Hall–Kier alpha value is -3.13. The van der Waals surface area contributed by atoms with Gasteiger partial charge in [0.1, 0.15) is 35.5 Å². The molecule has 0 aliphatic heterocycles. The van der Waals surface area contributed by atoms with Crippen molar-refractivity contribution in [2.75, 3.05) is 5.75 Å². The lowest BCUT2D eigenvalue weighted by Crippen LogP contribution is -2.60. The lowest BCUT2D eigenvalue weighted by Gasteiger charge is -2.31. The van der Waals surface area contributed by atoms with Gasteiger partial charge in [0.15, 0.2) is 0 Å². The molecule has 0 heterocycles. The van der Waals surface area contributed by atoms with Crippen molar-refractivity contribution in [1.82, 2.24) is 21.3 Å². The first kappa shape index (κ1) is 40.0. The summed E-state index contributed by atoms with van der Waals surface area (Å²) in [6.45, 7) is 11.7. The predicted molar refractivity (Wildman–Crippen MR) is 186 cm³/mol. The molecule has 1 aliphatic carbocycles. The van der Waals surface area contributed by atoms with Crippen molar-refractivity contribution in [2.45, 2.75) is 128 Å². The van der Waals surface area contributed by atoms with Crippen molar-refractivity contribution in [3.63, 3.8) is 0 Å². The molecule has 1 aromatic carbocycles. The van der Waals surface area contributed by atoms with Crippen molar-refractivity contribution in [1.29, 1.82) is 0 Å². The van der Waals surface area contributed by atoms with Gasteiger partial charge in [0.25, 0.3) is 0 Å². The van der Waals surface area contributed by atoms with E-state index in [4.69, 9.17) is 4.74 Å². The zero-order valence-electron chi connectivity index (χ0n) is 28.4. The molecule has 14 heteroatoms. The maximum Gasteiger partial charge on any atom is 0.408 e. The van der Waals surface area contributed by atoms with Gasteiger partial charge in [0, 0.05) is 16.9 Å². The second-order valence-electron chi connectivity index (χ2n) is 13.9. The predicted octanol–water partition coefficient (Wildman–Crippen LogP) is 3.59. The van der Waals surface area contributed by atoms with Crippen LogP contribution in [-0.4, -0.2) is 80.3 Å². The monoisotopic (exact) mass is 696 g/mol. The molecule has 4 amide bonds. The summed E-state index contributed by atoms with van der Waals surface area (Å²) >= 11 is 8.63. The van der Waals surface area contributed by atoms with Gasteiger partial charge in [-0.2, -0.15) is 25.3 Å². The fourth-order valence-electron chi connectivity index (χ4n) is 5.67. The quantitative estimate of drug-likeness (QED) is 0.136. The number of rotatable bonds is 14. The summed E-state index contributed by atoms with van der Waals surface area (Å²) in [7, 11) is 0. The summed E-state index contributed by atoms with van der Waals surface area (Å²) in [5.74, 6) is -3.21. The van der Waals surface area contributed by atoms with Crippen LogP contribution in [0, 0.1) is 19.8 Å². The van der Waals surface area contributed by atoms with Gasteiger partial charge < -0.3 is 36.2 Å². The Morgan fingerprint density at radius 3 is 1.85 bits per heavy atom. The number of aliphatic carboxylic acids is 1. The van der Waals surface area contributed by atoms with E-state index in [9.17, 15) is 34.2 Å². The number of ether oxygens (including phenoxy) is 1. The molecule has 0 unspecified atom stereocenters. The molecule has 1 aromatic rings. The standard InChI is InChI=1S/C33H52N4O8S2/c1-18-13-21(38)14-19(2)22(18)16-24(36-31(44)45-32(3,4)5)27(39)35-25(17-46)29(41)34-23(15-20-11-9-8-10-12-20)28(40)37-26(30(42)43)33(6,7)47/h13-14,20,23-26,38,46-47H,8-12,15-17H2,1-7H3,(H,34,41)(H,35,39)(H,36,44)(H,37,40)(H,42,43)/t23-,24-,25+,26-/m0/s1. The fourth-order valence-corrected chi connectivity index (χ4v) is 6.10. The number of thiol groups is 2. The van der Waals surface area contributed by atoms with Crippen LogP contribution in [0.3, 0.4) is 0 Å². The third-order valence-electron chi connectivity index (χ3n) is 8.08. The first-order valence-electron chi connectivity index (χ1n) is 16.0. The Morgan fingerprint density at radius 2 is 1.36 bits per heavy atom. The summed E-state index contributed by atoms with van der Waals surface area (Å²) in [6, 6.07) is -1.66. The molecule has 1 aliphatic rings. The highest BCUT2D eigenvalue weighted by atomic mass is 32.1. The highest BCUT2D eigenvalue weighted by molar-refractivity contribution is 7.81. The molecule has 0 radical (unpaired) electrons. The van der Waals surface area contributed by atoms with Gasteiger partial charge in [-0.1, -0.05) is 32.1 Å². The number of phenols is 1. The van der Waals surface area contributed by atoms with Gasteiger partial charge >= 0.3 is 12.1 Å². The molecular formula is C33H52N4O8S2. The van der Waals surface area contributed by atoms with Crippen molar-refractivity contribution in [2.24, 2.45) is 5.92 Å². The zero-order valence-corrected chi connectivity index (χ0v) is 30.2. The Bertz CT molecular complexity index is 1270. The van der Waals surface area contributed by atoms with E-state index < -0.39 is 64.3 Å². The Kier molecular flexibility index (Phi) is 14.8. The van der Waals surface area contributed by atoms with E-state index in [0.29, 0.717) is 17.5 Å². The van der Waals surface area contributed by atoms with Crippen LogP contribution in [0.2, 0.25) is 0 Å². The average molecular weight is 697 g/mol.